The summed E-state index contributed by atoms with van der Waals surface area (Å²) in [6, 6.07) is 8.35. The maximum absolute atomic E-state index is 11.0. The second-order valence-electron chi connectivity index (χ2n) is 4.26. The van der Waals surface area contributed by atoms with E-state index < -0.39 is 0 Å². The first-order valence-corrected chi connectivity index (χ1v) is 6.25. The van der Waals surface area contributed by atoms with Gasteiger partial charge in [-0.3, -0.25) is 5.01 Å². The molecule has 0 bridgehead atoms. The van der Waals surface area contributed by atoms with E-state index in [-0.39, 0.29) is 39.6 Å². The van der Waals surface area contributed by atoms with E-state index in [9.17, 15) is 4.79 Å². The van der Waals surface area contributed by atoms with E-state index in [1.807, 2.05) is 11.4 Å². The summed E-state index contributed by atoms with van der Waals surface area (Å²) in [4.78, 5) is 11.0. The largest absolute Gasteiger partial charge is 2.00 e. The quantitative estimate of drug-likeness (QED) is 0.324. The van der Waals surface area contributed by atoms with Gasteiger partial charge in [0.05, 0.1) is 0 Å². The van der Waals surface area contributed by atoms with E-state index >= 15 is 0 Å². The van der Waals surface area contributed by atoms with Crippen LogP contribution in [0.1, 0.15) is 17.5 Å². The first-order valence-electron chi connectivity index (χ1n) is 6.25. The van der Waals surface area contributed by atoms with Crippen molar-refractivity contribution in [3.05, 3.63) is 49.2 Å². The number of carbonyl (C=O) groups excluding carboxylic acids is 1. The molecule has 0 aliphatic rings. The van der Waals surface area contributed by atoms with Crippen molar-refractivity contribution in [2.75, 3.05) is 19.6 Å². The molecule has 0 aliphatic heterocycles. The molecule has 0 spiro atoms. The molecule has 0 saturated heterocycles. The van der Waals surface area contributed by atoms with Crippen LogP contribution in [0.5, 0.6) is 0 Å². The Bertz CT molecular complexity index is 359. The van der Waals surface area contributed by atoms with Gasteiger partial charge in [0.1, 0.15) is 0 Å². The summed E-state index contributed by atoms with van der Waals surface area (Å²) >= 11 is 0. The zero-order valence-electron chi connectivity index (χ0n) is 11.9. The number of hydrazine groups is 1. The van der Waals surface area contributed by atoms with Crippen molar-refractivity contribution in [1.82, 2.24) is 10.0 Å². The van der Waals surface area contributed by atoms with Gasteiger partial charge in [-0.2, -0.15) is 6.42 Å². The summed E-state index contributed by atoms with van der Waals surface area (Å²) in [6.07, 6.45) is 3.53. The number of nitrogens with zero attached hydrogens (tertiary/aromatic N) is 2. The van der Waals surface area contributed by atoms with Crippen molar-refractivity contribution in [3.63, 3.8) is 0 Å². The van der Waals surface area contributed by atoms with Crippen LogP contribution in [-0.4, -0.2) is 36.1 Å². The van der Waals surface area contributed by atoms with Crippen molar-refractivity contribution in [2.45, 2.75) is 19.8 Å². The van der Waals surface area contributed by atoms with Crippen molar-refractivity contribution in [3.8, 4) is 0 Å². The molecule has 1 radical (unpaired) electrons. The summed E-state index contributed by atoms with van der Waals surface area (Å²) in [5.41, 5.74) is 2.47. The van der Waals surface area contributed by atoms with Gasteiger partial charge >= 0.3 is 18.6 Å². The Morgan fingerprint density at radius 3 is 2.20 bits per heavy atom. The van der Waals surface area contributed by atoms with Gasteiger partial charge in [0.25, 0.3) is 0 Å². The maximum atomic E-state index is 11.0. The van der Waals surface area contributed by atoms with Crippen LogP contribution >= 0.6 is 0 Å². The SMILES string of the molecule is [CH2-]CCN(C[CH2-])N([C-]=O)CCc1ccc(C)cc1.[V+2].[W]. The molecule has 0 N–H and O–H groups in total. The number of amides is 1. The van der Waals surface area contributed by atoms with Crippen LogP contribution in [0.15, 0.2) is 24.3 Å². The summed E-state index contributed by atoms with van der Waals surface area (Å²) < 4.78 is 0. The Morgan fingerprint density at radius 1 is 1.15 bits per heavy atom. The van der Waals surface area contributed by atoms with Gasteiger partial charge in [-0.1, -0.05) is 29.8 Å². The van der Waals surface area contributed by atoms with Crippen molar-refractivity contribution in [1.29, 1.82) is 0 Å². The van der Waals surface area contributed by atoms with Gasteiger partial charge < -0.3 is 23.7 Å². The number of benzene rings is 1. The van der Waals surface area contributed by atoms with Gasteiger partial charge in [-0.15, -0.1) is 13.0 Å². The number of rotatable bonds is 8. The van der Waals surface area contributed by atoms with Gasteiger partial charge in [-0.05, 0) is 25.5 Å². The summed E-state index contributed by atoms with van der Waals surface area (Å²) in [5, 5.41) is 3.44. The molecule has 5 heteroatoms. The van der Waals surface area contributed by atoms with E-state index in [1.165, 1.54) is 11.1 Å². The molecule has 1 rings (SSSR count). The van der Waals surface area contributed by atoms with E-state index in [4.69, 9.17) is 0 Å². The van der Waals surface area contributed by atoms with Crippen LogP contribution in [0.4, 0.5) is 0 Å². The third kappa shape index (κ3) is 7.64. The molecule has 0 atom stereocenters. The molecule has 1 aromatic carbocycles. The predicted octanol–water partition coefficient (Wildman–Crippen LogP) is 2.18. The smallest absolute Gasteiger partial charge is 0.518 e. The Kier molecular flexibility index (Phi) is 14.0. The zero-order valence-corrected chi connectivity index (χ0v) is 16.2. The second-order valence-corrected chi connectivity index (χ2v) is 4.26. The molecular weight excluding hydrogens is 459 g/mol. The molecule has 1 aromatic rings. The average Bonchev–Trinajstić information content (AvgIpc) is 2.40. The number of aryl methyl sites for hydroxylation is 1. The van der Waals surface area contributed by atoms with E-state index in [0.717, 1.165) is 19.4 Å². The first-order chi connectivity index (χ1) is 8.71. The summed E-state index contributed by atoms with van der Waals surface area (Å²) in [6.45, 7) is 11.6. The molecular formula is C15H21N2OVW-. The fraction of sp³-hybridized carbons (Fsp3) is 0.400. The number of hydrogen-bond donors (Lipinski definition) is 0. The fourth-order valence-corrected chi connectivity index (χ4v) is 1.77. The normalized spacial score (nSPS) is 9.60. The minimum atomic E-state index is 0. The van der Waals surface area contributed by atoms with Crippen molar-refractivity contribution in [2.24, 2.45) is 0 Å². The molecule has 0 aliphatic carbocycles. The molecule has 0 unspecified atom stereocenters. The first kappa shape index (κ1) is 22.2. The summed E-state index contributed by atoms with van der Waals surface area (Å²) in [5.74, 6) is 0. The predicted molar refractivity (Wildman–Crippen MR) is 74.2 cm³/mol. The third-order valence-electron chi connectivity index (χ3n) is 2.85. The Labute approximate surface area is 149 Å². The van der Waals surface area contributed by atoms with E-state index in [0.29, 0.717) is 13.1 Å². The van der Waals surface area contributed by atoms with Gasteiger partial charge in [0.2, 0.25) is 0 Å². The Hall–Kier alpha value is -0.0773. The second kappa shape index (κ2) is 12.6. The molecule has 1 amide bonds. The molecule has 0 saturated carbocycles. The van der Waals surface area contributed by atoms with Crippen molar-refractivity contribution < 1.29 is 44.4 Å². The molecule has 0 aromatic heterocycles. The van der Waals surface area contributed by atoms with Crippen LogP contribution in [0.3, 0.4) is 0 Å². The topological polar surface area (TPSA) is 23.6 Å². The minimum absolute atomic E-state index is 0. The van der Waals surface area contributed by atoms with Crippen LogP contribution in [0.2, 0.25) is 0 Å². The monoisotopic (exact) mass is 480 g/mol. The molecule has 109 valence electrons. The Morgan fingerprint density at radius 2 is 1.75 bits per heavy atom. The van der Waals surface area contributed by atoms with Crippen LogP contribution in [0.25, 0.3) is 0 Å². The molecule has 0 fully saturated rings. The van der Waals surface area contributed by atoms with Gasteiger partial charge in [0.15, 0.2) is 0 Å². The standard InChI is InChI=1S/C15H21N2O.V.W/c1-4-11-16(5-2)17(13-18)12-10-15-8-6-14(3)7-9-15;;/h6-9H,1-2,4-5,10-12H2,3H3;;/q-3;+2;. The van der Waals surface area contributed by atoms with E-state index in [2.05, 4.69) is 45.0 Å². The third-order valence-corrected chi connectivity index (χ3v) is 2.85. The molecule has 0 heterocycles. The molecule has 20 heavy (non-hydrogen) atoms. The fourth-order valence-electron chi connectivity index (χ4n) is 1.77. The van der Waals surface area contributed by atoms with Crippen molar-refractivity contribution >= 4 is 6.41 Å². The van der Waals surface area contributed by atoms with Crippen LogP contribution < -0.4 is 0 Å². The Balaban J connectivity index is 0. The zero-order chi connectivity index (χ0) is 13.4. The average molecular weight is 480 g/mol. The maximum Gasteiger partial charge on any atom is 2.00 e. The molecule has 3 nitrogen and oxygen atoms in total. The minimum Gasteiger partial charge on any atom is -0.518 e. The van der Waals surface area contributed by atoms with Crippen LogP contribution in [0, 0.1) is 20.8 Å². The summed E-state index contributed by atoms with van der Waals surface area (Å²) in [7, 11) is 0. The van der Waals surface area contributed by atoms with E-state index in [1.54, 1.807) is 5.01 Å². The van der Waals surface area contributed by atoms with Gasteiger partial charge in [0, 0.05) is 27.6 Å². The van der Waals surface area contributed by atoms with Gasteiger partial charge in [-0.25, -0.2) is 0 Å². The van der Waals surface area contributed by atoms with Crippen LogP contribution in [-0.2, 0) is 50.8 Å². The number of hydrogen-bond acceptors (Lipinski definition) is 2.